The Labute approximate surface area is 195 Å². The molecule has 3 rings (SSSR count). The lowest BCUT2D eigenvalue weighted by Crippen LogP contribution is -2.18. The first-order chi connectivity index (χ1) is 15.9. The minimum Gasteiger partial charge on any atom is -0.493 e. The number of benzene rings is 2. The standard InChI is InChI=1S/C27H32N2O4/c1-6-20-7-9-22(10-8-20)17-29-18(2)23(26(19(29)3)27(30)31)16-28-14-13-21-11-12-24(32-4)25(15-21)33-5/h6-12,15,28H,1,13-14,16-17H2,2-5H3,(H,30,31). The number of carboxylic acids is 1. The van der Waals surface area contributed by atoms with Crippen molar-refractivity contribution < 1.29 is 19.4 Å². The molecule has 6 nitrogen and oxygen atoms in total. The molecule has 0 aliphatic heterocycles. The van der Waals surface area contributed by atoms with Crippen LogP contribution in [0.3, 0.4) is 0 Å². The Morgan fingerprint density at radius 2 is 1.70 bits per heavy atom. The molecule has 0 bridgehead atoms. The predicted octanol–water partition coefficient (Wildman–Crippen LogP) is 4.84. The quantitative estimate of drug-likeness (QED) is 0.411. The van der Waals surface area contributed by atoms with Crippen molar-refractivity contribution in [1.82, 2.24) is 9.88 Å². The van der Waals surface area contributed by atoms with Crippen molar-refractivity contribution in [2.24, 2.45) is 0 Å². The molecule has 33 heavy (non-hydrogen) atoms. The van der Waals surface area contributed by atoms with E-state index in [0.717, 1.165) is 40.1 Å². The van der Waals surface area contributed by atoms with Gasteiger partial charge in [0.25, 0.3) is 0 Å². The van der Waals surface area contributed by atoms with Gasteiger partial charge in [-0.15, -0.1) is 0 Å². The Morgan fingerprint density at radius 1 is 1.03 bits per heavy atom. The normalized spacial score (nSPS) is 10.8. The molecule has 1 aromatic heterocycles. The van der Waals surface area contributed by atoms with E-state index in [9.17, 15) is 9.90 Å². The fraction of sp³-hybridized carbons (Fsp3) is 0.296. The smallest absolute Gasteiger partial charge is 0.337 e. The average Bonchev–Trinajstić information content (AvgIpc) is 3.06. The highest BCUT2D eigenvalue weighted by molar-refractivity contribution is 5.91. The molecule has 2 N–H and O–H groups in total. The van der Waals surface area contributed by atoms with E-state index < -0.39 is 5.97 Å². The molecule has 0 unspecified atom stereocenters. The zero-order chi connectivity index (χ0) is 24.0. The lowest BCUT2D eigenvalue weighted by atomic mass is 10.1. The Morgan fingerprint density at radius 3 is 2.30 bits per heavy atom. The first-order valence-corrected chi connectivity index (χ1v) is 10.9. The fourth-order valence-electron chi connectivity index (χ4n) is 4.11. The van der Waals surface area contributed by atoms with Crippen molar-refractivity contribution >= 4 is 12.0 Å². The maximum atomic E-state index is 12.1. The van der Waals surface area contributed by atoms with Crippen LogP contribution in [0.4, 0.5) is 0 Å². The molecular formula is C27H32N2O4. The Balaban J connectivity index is 1.72. The second-order valence-electron chi connectivity index (χ2n) is 7.98. The predicted molar refractivity (Wildman–Crippen MR) is 131 cm³/mol. The summed E-state index contributed by atoms with van der Waals surface area (Å²) in [6.07, 6.45) is 2.60. The number of hydrogen-bond acceptors (Lipinski definition) is 4. The fourth-order valence-corrected chi connectivity index (χ4v) is 4.11. The van der Waals surface area contributed by atoms with Gasteiger partial charge in [-0.3, -0.25) is 0 Å². The van der Waals surface area contributed by atoms with Gasteiger partial charge in [0.05, 0.1) is 19.8 Å². The number of nitrogens with zero attached hydrogens (tertiary/aromatic N) is 1. The van der Waals surface area contributed by atoms with Crippen LogP contribution in [0.1, 0.15) is 44.0 Å². The van der Waals surface area contributed by atoms with E-state index in [2.05, 4.69) is 28.6 Å². The van der Waals surface area contributed by atoms with Crippen molar-refractivity contribution in [2.75, 3.05) is 20.8 Å². The molecule has 1 heterocycles. The van der Waals surface area contributed by atoms with Crippen LogP contribution in [0, 0.1) is 13.8 Å². The molecule has 174 valence electrons. The van der Waals surface area contributed by atoms with Gasteiger partial charge in [-0.2, -0.15) is 0 Å². The van der Waals surface area contributed by atoms with Crippen LogP contribution in [-0.2, 0) is 19.5 Å². The molecule has 0 aliphatic carbocycles. The summed E-state index contributed by atoms with van der Waals surface area (Å²) >= 11 is 0. The van der Waals surface area contributed by atoms with Crippen LogP contribution in [0.25, 0.3) is 6.08 Å². The number of carbonyl (C=O) groups is 1. The van der Waals surface area contributed by atoms with Crippen LogP contribution in [0.15, 0.2) is 49.0 Å². The average molecular weight is 449 g/mol. The van der Waals surface area contributed by atoms with Crippen molar-refractivity contribution in [1.29, 1.82) is 0 Å². The van der Waals surface area contributed by atoms with E-state index >= 15 is 0 Å². The van der Waals surface area contributed by atoms with E-state index in [0.29, 0.717) is 36.7 Å². The van der Waals surface area contributed by atoms with Crippen LogP contribution in [0.2, 0.25) is 0 Å². The number of carboxylic acid groups (broad SMARTS) is 1. The zero-order valence-corrected chi connectivity index (χ0v) is 19.8. The molecule has 6 heteroatoms. The second-order valence-corrected chi connectivity index (χ2v) is 7.98. The lowest BCUT2D eigenvalue weighted by molar-refractivity contribution is 0.0694. The number of nitrogens with one attached hydrogen (secondary N) is 1. The molecule has 0 aliphatic rings. The maximum absolute atomic E-state index is 12.1. The number of aromatic nitrogens is 1. The Kier molecular flexibility index (Phi) is 7.96. The number of aromatic carboxylic acids is 1. The van der Waals surface area contributed by atoms with Gasteiger partial charge in [0.15, 0.2) is 11.5 Å². The summed E-state index contributed by atoms with van der Waals surface area (Å²) in [6.45, 7) is 9.48. The highest BCUT2D eigenvalue weighted by Crippen LogP contribution is 2.28. The van der Waals surface area contributed by atoms with Crippen molar-refractivity contribution in [3.05, 3.63) is 88.2 Å². The summed E-state index contributed by atoms with van der Waals surface area (Å²) in [5, 5.41) is 13.3. The minimum atomic E-state index is -0.895. The van der Waals surface area contributed by atoms with Gasteiger partial charge >= 0.3 is 5.97 Å². The van der Waals surface area contributed by atoms with E-state index in [1.807, 2.05) is 50.3 Å². The SMILES string of the molecule is C=Cc1ccc(Cn2c(C)c(CNCCc3ccc(OC)c(OC)c3)c(C(=O)O)c2C)cc1. The highest BCUT2D eigenvalue weighted by atomic mass is 16.5. The first-order valence-electron chi connectivity index (χ1n) is 10.9. The molecule has 0 amide bonds. The maximum Gasteiger partial charge on any atom is 0.337 e. The number of ether oxygens (including phenoxy) is 2. The third kappa shape index (κ3) is 5.46. The topological polar surface area (TPSA) is 72.7 Å². The van der Waals surface area contributed by atoms with Gasteiger partial charge < -0.3 is 24.5 Å². The first kappa shape index (κ1) is 24.1. The van der Waals surface area contributed by atoms with E-state index in [1.54, 1.807) is 14.2 Å². The van der Waals surface area contributed by atoms with E-state index in [-0.39, 0.29) is 0 Å². The summed E-state index contributed by atoms with van der Waals surface area (Å²) in [7, 11) is 3.24. The molecule has 3 aromatic rings. The molecule has 0 atom stereocenters. The summed E-state index contributed by atoms with van der Waals surface area (Å²) in [6, 6.07) is 14.0. The zero-order valence-electron chi connectivity index (χ0n) is 19.8. The third-order valence-corrected chi connectivity index (χ3v) is 6.02. The van der Waals surface area contributed by atoms with Crippen LogP contribution in [-0.4, -0.2) is 36.4 Å². The summed E-state index contributed by atoms with van der Waals surface area (Å²) in [4.78, 5) is 12.1. The Hall–Kier alpha value is -3.51. The van der Waals surface area contributed by atoms with Crippen molar-refractivity contribution in [3.8, 4) is 11.5 Å². The molecular weight excluding hydrogens is 416 g/mol. The molecule has 0 radical (unpaired) electrons. The second kappa shape index (κ2) is 10.9. The van der Waals surface area contributed by atoms with Crippen molar-refractivity contribution in [2.45, 2.75) is 33.4 Å². The van der Waals surface area contributed by atoms with Crippen LogP contribution in [0.5, 0.6) is 11.5 Å². The van der Waals surface area contributed by atoms with Gasteiger partial charge in [-0.05, 0) is 55.6 Å². The van der Waals surface area contributed by atoms with Crippen molar-refractivity contribution in [3.63, 3.8) is 0 Å². The number of methoxy groups -OCH3 is 2. The number of rotatable bonds is 11. The molecule has 0 saturated carbocycles. The summed E-state index contributed by atoms with van der Waals surface area (Å²) in [5.74, 6) is 0.507. The number of hydrogen-bond donors (Lipinski definition) is 2. The minimum absolute atomic E-state index is 0.383. The van der Waals surface area contributed by atoms with E-state index in [4.69, 9.17) is 9.47 Å². The Bertz CT molecular complexity index is 1130. The summed E-state index contributed by atoms with van der Waals surface area (Å²) < 4.78 is 12.7. The summed E-state index contributed by atoms with van der Waals surface area (Å²) in [5.41, 5.74) is 6.24. The van der Waals surface area contributed by atoms with Crippen LogP contribution < -0.4 is 14.8 Å². The highest BCUT2D eigenvalue weighted by Gasteiger charge is 2.22. The van der Waals surface area contributed by atoms with E-state index in [1.165, 1.54) is 0 Å². The molecule has 2 aromatic carbocycles. The monoisotopic (exact) mass is 448 g/mol. The van der Waals surface area contributed by atoms with Crippen LogP contribution >= 0.6 is 0 Å². The molecule has 0 saturated heterocycles. The van der Waals surface area contributed by atoms with Gasteiger partial charge in [0.1, 0.15) is 0 Å². The van der Waals surface area contributed by atoms with Gasteiger partial charge in [-0.25, -0.2) is 4.79 Å². The molecule has 0 fully saturated rings. The van der Waals surface area contributed by atoms with Gasteiger partial charge in [0, 0.05) is 30.0 Å². The van der Waals surface area contributed by atoms with Gasteiger partial charge in [0.2, 0.25) is 0 Å². The van der Waals surface area contributed by atoms with Gasteiger partial charge in [-0.1, -0.05) is 43.0 Å². The third-order valence-electron chi connectivity index (χ3n) is 6.02. The largest absolute Gasteiger partial charge is 0.493 e. The molecule has 0 spiro atoms. The lowest BCUT2D eigenvalue weighted by Gasteiger charge is -2.11.